The minimum atomic E-state index is -3.22. The molecule has 5 heteroatoms. The molecule has 0 aromatic carbocycles. The molecule has 0 aromatic heterocycles. The lowest BCUT2D eigenvalue weighted by Crippen LogP contribution is -2.45. The summed E-state index contributed by atoms with van der Waals surface area (Å²) in [7, 11) is -3.22. The molecule has 0 bridgehead atoms. The number of sulfonamides is 1. The molecular weight excluding hydrogens is 250 g/mol. The first kappa shape index (κ1) is 14.3. The Morgan fingerprint density at radius 2 is 1.78 bits per heavy atom. The van der Waals surface area contributed by atoms with Crippen molar-refractivity contribution in [2.75, 3.05) is 6.61 Å². The second-order valence-electron chi connectivity index (χ2n) is 6.03. The SMILES string of the molecule is CC1CCC(NS(=O)(=O)C2CCOC2C)CC1C. The van der Waals surface area contributed by atoms with Gasteiger partial charge in [-0.25, -0.2) is 13.1 Å². The third-order valence-electron chi connectivity index (χ3n) is 4.63. The Labute approximate surface area is 111 Å². The van der Waals surface area contributed by atoms with Gasteiger partial charge in [0.25, 0.3) is 0 Å². The van der Waals surface area contributed by atoms with Crippen molar-refractivity contribution in [1.29, 1.82) is 0 Å². The highest BCUT2D eigenvalue weighted by atomic mass is 32.2. The second-order valence-corrected chi connectivity index (χ2v) is 7.96. The van der Waals surface area contributed by atoms with Crippen LogP contribution >= 0.6 is 0 Å². The lowest BCUT2D eigenvalue weighted by Gasteiger charge is -2.33. The van der Waals surface area contributed by atoms with E-state index in [9.17, 15) is 8.42 Å². The van der Waals surface area contributed by atoms with Gasteiger partial charge in [-0.15, -0.1) is 0 Å². The standard InChI is InChI=1S/C13H25NO3S/c1-9-4-5-12(8-10(9)2)14-18(15,16)13-6-7-17-11(13)3/h9-14H,4-8H2,1-3H3. The third-order valence-corrected chi connectivity index (χ3v) is 6.71. The summed E-state index contributed by atoms with van der Waals surface area (Å²) in [5.41, 5.74) is 0. The Morgan fingerprint density at radius 3 is 2.33 bits per heavy atom. The lowest BCUT2D eigenvalue weighted by atomic mass is 9.79. The van der Waals surface area contributed by atoms with Gasteiger partial charge in [0.2, 0.25) is 10.0 Å². The first-order valence-corrected chi connectivity index (χ1v) is 8.57. The van der Waals surface area contributed by atoms with Crippen molar-refractivity contribution < 1.29 is 13.2 Å². The van der Waals surface area contributed by atoms with E-state index in [2.05, 4.69) is 18.6 Å². The summed E-state index contributed by atoms with van der Waals surface area (Å²) in [6.07, 6.45) is 3.48. The van der Waals surface area contributed by atoms with Crippen molar-refractivity contribution in [2.24, 2.45) is 11.8 Å². The maximum Gasteiger partial charge on any atom is 0.217 e. The average Bonchev–Trinajstić information content (AvgIpc) is 2.70. The molecular formula is C13H25NO3S. The molecule has 0 radical (unpaired) electrons. The molecule has 1 saturated heterocycles. The smallest absolute Gasteiger partial charge is 0.217 e. The topological polar surface area (TPSA) is 55.4 Å². The molecule has 106 valence electrons. The van der Waals surface area contributed by atoms with E-state index < -0.39 is 10.0 Å². The van der Waals surface area contributed by atoms with E-state index in [0.717, 1.165) is 19.3 Å². The normalized spacial score (nSPS) is 42.1. The molecule has 2 fully saturated rings. The molecule has 0 aromatic rings. The Bertz CT molecular complexity index is 382. The predicted molar refractivity (Wildman–Crippen MR) is 71.8 cm³/mol. The Kier molecular flexibility index (Phi) is 4.34. The number of nitrogens with one attached hydrogen (secondary N) is 1. The fraction of sp³-hybridized carbons (Fsp3) is 1.00. The summed E-state index contributed by atoms with van der Waals surface area (Å²) >= 11 is 0. The van der Waals surface area contributed by atoms with Crippen LogP contribution in [-0.2, 0) is 14.8 Å². The zero-order valence-corrected chi connectivity index (χ0v) is 12.4. The maximum absolute atomic E-state index is 12.3. The largest absolute Gasteiger partial charge is 0.377 e. The third kappa shape index (κ3) is 3.06. The fourth-order valence-electron chi connectivity index (χ4n) is 3.09. The molecule has 0 spiro atoms. The minimum absolute atomic E-state index is 0.119. The van der Waals surface area contributed by atoms with E-state index in [-0.39, 0.29) is 17.4 Å². The van der Waals surface area contributed by atoms with Gasteiger partial charge in [0.15, 0.2) is 0 Å². The molecule has 1 heterocycles. The van der Waals surface area contributed by atoms with Crippen molar-refractivity contribution in [3.05, 3.63) is 0 Å². The Morgan fingerprint density at radius 1 is 1.06 bits per heavy atom. The van der Waals surface area contributed by atoms with E-state index >= 15 is 0 Å². The molecule has 2 rings (SSSR count). The summed E-state index contributed by atoms with van der Waals surface area (Å²) < 4.78 is 32.9. The minimum Gasteiger partial charge on any atom is -0.377 e. The number of rotatable bonds is 3. The van der Waals surface area contributed by atoms with Crippen molar-refractivity contribution >= 4 is 10.0 Å². The van der Waals surface area contributed by atoms with Crippen LogP contribution in [0.1, 0.15) is 46.5 Å². The summed E-state index contributed by atoms with van der Waals surface area (Å²) in [6, 6.07) is 0.119. The highest BCUT2D eigenvalue weighted by Crippen LogP contribution is 2.30. The zero-order chi connectivity index (χ0) is 13.3. The number of ether oxygens (including phenoxy) is 1. The van der Waals surface area contributed by atoms with E-state index in [1.807, 2.05) is 6.92 Å². The summed E-state index contributed by atoms with van der Waals surface area (Å²) in [4.78, 5) is 0. The van der Waals surface area contributed by atoms with Gasteiger partial charge < -0.3 is 4.74 Å². The molecule has 0 amide bonds. The van der Waals surface area contributed by atoms with E-state index in [0.29, 0.717) is 24.9 Å². The van der Waals surface area contributed by atoms with E-state index in [1.165, 1.54) is 0 Å². The average molecular weight is 275 g/mol. The van der Waals surface area contributed by atoms with Crippen LogP contribution in [0.4, 0.5) is 0 Å². The van der Waals surface area contributed by atoms with Crippen LogP contribution in [0.25, 0.3) is 0 Å². The van der Waals surface area contributed by atoms with Gasteiger partial charge in [-0.1, -0.05) is 13.8 Å². The maximum atomic E-state index is 12.3. The summed E-state index contributed by atoms with van der Waals surface area (Å²) in [6.45, 7) is 6.88. The van der Waals surface area contributed by atoms with Gasteiger partial charge in [0.1, 0.15) is 5.25 Å². The predicted octanol–water partition coefficient (Wildman–Crippen LogP) is 1.91. The summed E-state index contributed by atoms with van der Waals surface area (Å²) in [5.74, 6) is 1.31. The first-order valence-electron chi connectivity index (χ1n) is 7.03. The highest BCUT2D eigenvalue weighted by molar-refractivity contribution is 7.90. The molecule has 1 aliphatic heterocycles. The highest BCUT2D eigenvalue weighted by Gasteiger charge is 2.38. The number of hydrogen-bond donors (Lipinski definition) is 1. The molecule has 4 nitrogen and oxygen atoms in total. The molecule has 2 aliphatic rings. The first-order chi connectivity index (χ1) is 8.40. The van der Waals surface area contributed by atoms with Crippen LogP contribution in [0, 0.1) is 11.8 Å². The van der Waals surface area contributed by atoms with E-state index in [1.54, 1.807) is 0 Å². The molecule has 1 saturated carbocycles. The van der Waals surface area contributed by atoms with Gasteiger partial charge in [-0.2, -0.15) is 0 Å². The summed E-state index contributed by atoms with van der Waals surface area (Å²) in [5, 5.41) is -0.368. The monoisotopic (exact) mass is 275 g/mol. The Balaban J connectivity index is 1.96. The van der Waals surface area contributed by atoms with Gasteiger partial charge in [-0.3, -0.25) is 0 Å². The molecule has 1 N–H and O–H groups in total. The van der Waals surface area contributed by atoms with Gasteiger partial charge >= 0.3 is 0 Å². The van der Waals surface area contributed by atoms with Crippen molar-refractivity contribution in [3.8, 4) is 0 Å². The molecule has 18 heavy (non-hydrogen) atoms. The van der Waals surface area contributed by atoms with Gasteiger partial charge in [0.05, 0.1) is 6.10 Å². The lowest BCUT2D eigenvalue weighted by molar-refractivity contribution is 0.126. The van der Waals surface area contributed by atoms with Crippen LogP contribution < -0.4 is 4.72 Å². The second kappa shape index (κ2) is 5.47. The molecule has 5 atom stereocenters. The fourth-order valence-corrected chi connectivity index (χ4v) is 4.94. The Hall–Kier alpha value is -0.130. The van der Waals surface area contributed by atoms with Crippen molar-refractivity contribution in [1.82, 2.24) is 4.72 Å². The van der Waals surface area contributed by atoms with Crippen molar-refractivity contribution in [3.63, 3.8) is 0 Å². The van der Waals surface area contributed by atoms with Crippen molar-refractivity contribution in [2.45, 2.75) is 63.9 Å². The van der Waals surface area contributed by atoms with Crippen LogP contribution in [-0.4, -0.2) is 32.4 Å². The molecule has 1 aliphatic carbocycles. The van der Waals surface area contributed by atoms with Crippen LogP contribution in [0.2, 0.25) is 0 Å². The van der Waals surface area contributed by atoms with Crippen LogP contribution in [0.3, 0.4) is 0 Å². The van der Waals surface area contributed by atoms with Gasteiger partial charge in [-0.05, 0) is 44.4 Å². The van der Waals surface area contributed by atoms with Crippen LogP contribution in [0.15, 0.2) is 0 Å². The van der Waals surface area contributed by atoms with Gasteiger partial charge in [0, 0.05) is 12.6 Å². The van der Waals surface area contributed by atoms with Crippen LogP contribution in [0.5, 0.6) is 0 Å². The number of hydrogen-bond acceptors (Lipinski definition) is 3. The zero-order valence-electron chi connectivity index (χ0n) is 11.6. The quantitative estimate of drug-likeness (QED) is 0.856. The van der Waals surface area contributed by atoms with E-state index in [4.69, 9.17) is 4.74 Å². The molecule has 5 unspecified atom stereocenters.